The first-order valence-corrected chi connectivity index (χ1v) is 6.69. The third kappa shape index (κ3) is 3.12. The summed E-state index contributed by atoms with van der Waals surface area (Å²) in [5.74, 6) is -0.0476. The molecule has 2 rings (SSSR count). The van der Waals surface area contributed by atoms with Gasteiger partial charge in [0.2, 0.25) is 0 Å². The zero-order valence-electron chi connectivity index (χ0n) is 11.3. The number of rotatable bonds is 5. The number of aliphatic hydroxyl groups excluding tert-OH is 1. The van der Waals surface area contributed by atoms with Crippen LogP contribution in [0.15, 0.2) is 72.8 Å². The second-order valence-electron chi connectivity index (χ2n) is 4.76. The summed E-state index contributed by atoms with van der Waals surface area (Å²) >= 11 is 0. The number of benzene rings is 2. The third-order valence-electron chi connectivity index (χ3n) is 3.51. The molecule has 2 atom stereocenters. The van der Waals surface area contributed by atoms with Gasteiger partial charge in [0.25, 0.3) is 0 Å². The first-order valence-electron chi connectivity index (χ1n) is 6.69. The molecule has 0 amide bonds. The van der Waals surface area contributed by atoms with E-state index in [-0.39, 0.29) is 5.92 Å². The van der Waals surface area contributed by atoms with Gasteiger partial charge in [0.1, 0.15) is 0 Å². The van der Waals surface area contributed by atoms with Crippen molar-refractivity contribution in [2.24, 2.45) is 0 Å². The van der Waals surface area contributed by atoms with E-state index in [9.17, 15) is 5.11 Å². The van der Waals surface area contributed by atoms with E-state index in [4.69, 9.17) is 0 Å². The standard InChI is InChI=1S/C18H20O/c1-3-14(2)17(15-10-6-4-7-11-15)18(19)16-12-8-5-9-13-16/h4-13,17-19H,2-3H2,1H3/t17-,18-/m0/s1. The van der Waals surface area contributed by atoms with Crippen LogP contribution in [0.4, 0.5) is 0 Å². The van der Waals surface area contributed by atoms with Crippen LogP contribution in [0.2, 0.25) is 0 Å². The molecule has 0 aromatic heterocycles. The van der Waals surface area contributed by atoms with Gasteiger partial charge in [-0.2, -0.15) is 0 Å². The minimum atomic E-state index is -0.545. The lowest BCUT2D eigenvalue weighted by Crippen LogP contribution is -2.12. The predicted octanol–water partition coefficient (Wildman–Crippen LogP) is 4.47. The van der Waals surface area contributed by atoms with E-state index in [1.807, 2.05) is 48.5 Å². The molecule has 0 radical (unpaired) electrons. The molecule has 2 aromatic carbocycles. The normalized spacial score (nSPS) is 13.8. The van der Waals surface area contributed by atoms with Crippen molar-refractivity contribution in [2.75, 3.05) is 0 Å². The van der Waals surface area contributed by atoms with Crippen LogP contribution < -0.4 is 0 Å². The summed E-state index contributed by atoms with van der Waals surface area (Å²) in [6.45, 7) is 6.22. The first kappa shape index (κ1) is 13.6. The van der Waals surface area contributed by atoms with Crippen molar-refractivity contribution >= 4 is 0 Å². The van der Waals surface area contributed by atoms with E-state index >= 15 is 0 Å². The fourth-order valence-electron chi connectivity index (χ4n) is 2.36. The maximum absolute atomic E-state index is 10.7. The molecular formula is C18H20O. The Morgan fingerprint density at radius 2 is 1.42 bits per heavy atom. The number of aliphatic hydroxyl groups is 1. The lowest BCUT2D eigenvalue weighted by Gasteiger charge is -2.25. The van der Waals surface area contributed by atoms with Gasteiger partial charge in [-0.15, -0.1) is 0 Å². The highest BCUT2D eigenvalue weighted by Crippen LogP contribution is 2.37. The zero-order valence-corrected chi connectivity index (χ0v) is 11.3. The summed E-state index contributed by atoms with van der Waals surface area (Å²) in [5, 5.41) is 10.7. The quantitative estimate of drug-likeness (QED) is 0.778. The van der Waals surface area contributed by atoms with Crippen LogP contribution in [0.25, 0.3) is 0 Å². The van der Waals surface area contributed by atoms with Gasteiger partial charge in [-0.25, -0.2) is 0 Å². The smallest absolute Gasteiger partial charge is 0.0895 e. The van der Waals surface area contributed by atoms with Gasteiger partial charge < -0.3 is 5.11 Å². The molecule has 0 unspecified atom stereocenters. The molecule has 0 spiro atoms. The summed E-state index contributed by atoms with van der Waals surface area (Å²) in [4.78, 5) is 0. The second-order valence-corrected chi connectivity index (χ2v) is 4.76. The molecule has 1 N–H and O–H groups in total. The zero-order chi connectivity index (χ0) is 13.7. The minimum absolute atomic E-state index is 0.0476. The van der Waals surface area contributed by atoms with Gasteiger partial charge in [0.15, 0.2) is 0 Å². The summed E-state index contributed by atoms with van der Waals surface area (Å²) in [6.07, 6.45) is 0.319. The van der Waals surface area contributed by atoms with Gasteiger partial charge in [-0.05, 0) is 17.5 Å². The van der Waals surface area contributed by atoms with Crippen molar-refractivity contribution in [3.05, 3.63) is 83.9 Å². The highest BCUT2D eigenvalue weighted by Gasteiger charge is 2.24. The Morgan fingerprint density at radius 3 is 1.89 bits per heavy atom. The molecular weight excluding hydrogens is 232 g/mol. The van der Waals surface area contributed by atoms with Crippen LogP contribution in [0.3, 0.4) is 0 Å². The Kier molecular flexibility index (Phi) is 4.53. The molecule has 0 aliphatic carbocycles. The Bertz CT molecular complexity index is 516. The molecule has 0 saturated carbocycles. The molecule has 0 aliphatic heterocycles. The molecule has 0 heterocycles. The summed E-state index contributed by atoms with van der Waals surface area (Å²) in [6, 6.07) is 19.9. The minimum Gasteiger partial charge on any atom is -0.387 e. The first-order chi connectivity index (χ1) is 9.24. The Hall–Kier alpha value is -1.86. The molecule has 0 fully saturated rings. The van der Waals surface area contributed by atoms with Crippen LogP contribution in [0, 0.1) is 0 Å². The van der Waals surface area contributed by atoms with Crippen LogP contribution in [0.1, 0.15) is 36.5 Å². The fraction of sp³-hybridized carbons (Fsp3) is 0.222. The topological polar surface area (TPSA) is 20.2 Å². The van der Waals surface area contributed by atoms with E-state index in [1.54, 1.807) is 0 Å². The Labute approximate surface area is 115 Å². The number of hydrogen-bond donors (Lipinski definition) is 1. The average Bonchev–Trinajstić information content (AvgIpc) is 2.49. The average molecular weight is 252 g/mol. The summed E-state index contributed by atoms with van der Waals surface area (Å²) in [5.41, 5.74) is 3.11. The van der Waals surface area contributed by atoms with E-state index in [1.165, 1.54) is 0 Å². The highest BCUT2D eigenvalue weighted by atomic mass is 16.3. The molecule has 0 bridgehead atoms. The van der Waals surface area contributed by atoms with Gasteiger partial charge >= 0.3 is 0 Å². The van der Waals surface area contributed by atoms with Crippen LogP contribution in [0.5, 0.6) is 0 Å². The summed E-state index contributed by atoms with van der Waals surface area (Å²) in [7, 11) is 0. The van der Waals surface area contributed by atoms with Crippen LogP contribution >= 0.6 is 0 Å². The molecule has 19 heavy (non-hydrogen) atoms. The molecule has 0 saturated heterocycles. The van der Waals surface area contributed by atoms with Crippen molar-refractivity contribution in [3.8, 4) is 0 Å². The SMILES string of the molecule is C=C(CC)[C@@H](c1ccccc1)[C@@H](O)c1ccccc1. The maximum Gasteiger partial charge on any atom is 0.0895 e. The largest absolute Gasteiger partial charge is 0.387 e. The molecule has 1 nitrogen and oxygen atoms in total. The Morgan fingerprint density at radius 1 is 0.947 bits per heavy atom. The monoisotopic (exact) mass is 252 g/mol. The van der Waals surface area contributed by atoms with Crippen molar-refractivity contribution in [2.45, 2.75) is 25.4 Å². The van der Waals surface area contributed by atoms with Crippen LogP contribution in [-0.2, 0) is 0 Å². The van der Waals surface area contributed by atoms with E-state index in [2.05, 4.69) is 25.6 Å². The van der Waals surface area contributed by atoms with Gasteiger partial charge in [0.05, 0.1) is 6.10 Å². The molecule has 1 heteroatoms. The van der Waals surface area contributed by atoms with Gasteiger partial charge in [0, 0.05) is 5.92 Å². The van der Waals surface area contributed by atoms with Crippen LogP contribution in [-0.4, -0.2) is 5.11 Å². The lowest BCUT2D eigenvalue weighted by atomic mass is 9.83. The van der Waals surface area contributed by atoms with E-state index in [0.717, 1.165) is 23.1 Å². The maximum atomic E-state index is 10.7. The molecule has 0 aliphatic rings. The van der Waals surface area contributed by atoms with Gasteiger partial charge in [-0.1, -0.05) is 79.7 Å². The van der Waals surface area contributed by atoms with Crippen molar-refractivity contribution in [1.29, 1.82) is 0 Å². The third-order valence-corrected chi connectivity index (χ3v) is 3.51. The summed E-state index contributed by atoms with van der Waals surface area (Å²) < 4.78 is 0. The lowest BCUT2D eigenvalue weighted by molar-refractivity contribution is 0.156. The van der Waals surface area contributed by atoms with E-state index < -0.39 is 6.10 Å². The highest BCUT2D eigenvalue weighted by molar-refractivity contribution is 5.33. The Balaban J connectivity index is 2.36. The second kappa shape index (κ2) is 6.35. The van der Waals surface area contributed by atoms with Crippen molar-refractivity contribution < 1.29 is 5.11 Å². The van der Waals surface area contributed by atoms with E-state index in [0.29, 0.717) is 0 Å². The fourth-order valence-corrected chi connectivity index (χ4v) is 2.36. The predicted molar refractivity (Wildman–Crippen MR) is 80.0 cm³/mol. The molecule has 2 aromatic rings. The number of hydrogen-bond acceptors (Lipinski definition) is 1. The van der Waals surface area contributed by atoms with Crippen molar-refractivity contribution in [3.63, 3.8) is 0 Å². The van der Waals surface area contributed by atoms with Crippen molar-refractivity contribution in [1.82, 2.24) is 0 Å². The molecule has 98 valence electrons. The van der Waals surface area contributed by atoms with Gasteiger partial charge in [-0.3, -0.25) is 0 Å².